The van der Waals surface area contributed by atoms with Crippen molar-refractivity contribution >= 4 is 0 Å². The highest BCUT2D eigenvalue weighted by atomic mass is 16.5. The van der Waals surface area contributed by atoms with Crippen LogP contribution < -0.4 is 0 Å². The summed E-state index contributed by atoms with van der Waals surface area (Å²) in [6.07, 6.45) is 3.55. The predicted octanol–water partition coefficient (Wildman–Crippen LogP) is 0.976. The average Bonchev–Trinajstić information content (AvgIpc) is 1.99. The van der Waals surface area contributed by atoms with E-state index in [4.69, 9.17) is 4.74 Å². The molecule has 0 atom stereocenters. The lowest BCUT2D eigenvalue weighted by Gasteiger charge is -2.14. The Balaban J connectivity index is 2.57. The Morgan fingerprint density at radius 2 is 2.56 bits per heavy atom. The summed E-state index contributed by atoms with van der Waals surface area (Å²) in [5, 5.41) is 0. The van der Waals surface area contributed by atoms with Gasteiger partial charge in [0.15, 0.2) is 0 Å². The van der Waals surface area contributed by atoms with Crippen molar-refractivity contribution < 1.29 is 4.74 Å². The van der Waals surface area contributed by atoms with Gasteiger partial charge in [0.1, 0.15) is 6.61 Å². The molecule has 9 heavy (non-hydrogen) atoms. The van der Waals surface area contributed by atoms with Gasteiger partial charge in [0.05, 0.1) is 12.8 Å². The van der Waals surface area contributed by atoms with E-state index in [0.717, 1.165) is 18.8 Å². The van der Waals surface area contributed by atoms with Gasteiger partial charge in [-0.15, -0.1) is 0 Å². The van der Waals surface area contributed by atoms with E-state index in [1.807, 2.05) is 13.1 Å². The van der Waals surface area contributed by atoms with Crippen molar-refractivity contribution in [1.82, 2.24) is 4.90 Å². The van der Waals surface area contributed by atoms with Crippen LogP contribution in [0, 0.1) is 0 Å². The van der Waals surface area contributed by atoms with E-state index in [9.17, 15) is 0 Å². The van der Waals surface area contributed by atoms with E-state index in [-0.39, 0.29) is 0 Å². The van der Waals surface area contributed by atoms with Crippen LogP contribution in [0.15, 0.2) is 24.6 Å². The second-order valence-corrected chi connectivity index (χ2v) is 2.09. The van der Waals surface area contributed by atoms with Crippen LogP contribution >= 0.6 is 0 Å². The van der Waals surface area contributed by atoms with Gasteiger partial charge < -0.3 is 9.64 Å². The molecule has 0 aliphatic carbocycles. The van der Waals surface area contributed by atoms with E-state index in [1.165, 1.54) is 0 Å². The lowest BCUT2D eigenvalue weighted by atomic mass is 10.4. The molecule has 0 N–H and O–H groups in total. The summed E-state index contributed by atoms with van der Waals surface area (Å²) < 4.78 is 5.05. The highest BCUT2D eigenvalue weighted by Gasteiger charge is 2.00. The van der Waals surface area contributed by atoms with Crippen LogP contribution in [0.5, 0.6) is 0 Å². The van der Waals surface area contributed by atoms with Gasteiger partial charge in [-0.25, -0.2) is 0 Å². The first kappa shape index (κ1) is 6.20. The van der Waals surface area contributed by atoms with Gasteiger partial charge in [0, 0.05) is 12.7 Å². The van der Waals surface area contributed by atoms with Crippen molar-refractivity contribution in [1.29, 1.82) is 0 Å². The van der Waals surface area contributed by atoms with Gasteiger partial charge in [-0.1, -0.05) is 6.58 Å². The highest BCUT2D eigenvalue weighted by Crippen LogP contribution is 2.03. The van der Waals surface area contributed by atoms with Gasteiger partial charge in [-0.2, -0.15) is 0 Å². The van der Waals surface area contributed by atoms with E-state index < -0.39 is 0 Å². The summed E-state index contributed by atoms with van der Waals surface area (Å²) in [6.45, 7) is 5.49. The molecule has 1 aliphatic heterocycles. The Kier molecular flexibility index (Phi) is 1.78. The number of nitrogens with zero attached hydrogens (tertiary/aromatic N) is 1. The average molecular weight is 125 g/mol. The number of hydrogen-bond acceptors (Lipinski definition) is 2. The quantitative estimate of drug-likeness (QED) is 0.478. The normalized spacial score (nSPS) is 19.2. The van der Waals surface area contributed by atoms with E-state index in [0.29, 0.717) is 0 Å². The van der Waals surface area contributed by atoms with Gasteiger partial charge >= 0.3 is 0 Å². The van der Waals surface area contributed by atoms with Crippen LogP contribution in [-0.4, -0.2) is 25.1 Å². The smallest absolute Gasteiger partial charge is 0.105 e. The molecular formula is C7H11NO. The molecule has 0 saturated heterocycles. The molecule has 50 valence electrons. The summed E-state index contributed by atoms with van der Waals surface area (Å²) in [6, 6.07) is 0. The molecule has 0 aromatic heterocycles. The molecule has 1 heterocycles. The third-order valence-corrected chi connectivity index (χ3v) is 1.39. The molecule has 0 aromatic rings. The second kappa shape index (κ2) is 2.58. The van der Waals surface area contributed by atoms with Crippen LogP contribution in [0.2, 0.25) is 0 Å². The van der Waals surface area contributed by atoms with Crippen LogP contribution in [0.25, 0.3) is 0 Å². The standard InChI is InChI=1S/C7H11NO/c1-7-3-5-9-6-4-8(7)2/h3,5H,1,4,6H2,2H3. The topological polar surface area (TPSA) is 12.5 Å². The molecule has 2 nitrogen and oxygen atoms in total. The minimum absolute atomic E-state index is 0.756. The zero-order valence-corrected chi connectivity index (χ0v) is 5.63. The molecule has 1 rings (SSSR count). The minimum Gasteiger partial charge on any atom is -0.499 e. The molecule has 0 fully saturated rings. The molecular weight excluding hydrogens is 114 g/mol. The third-order valence-electron chi connectivity index (χ3n) is 1.39. The SMILES string of the molecule is C=C1C=COCCN1C. The predicted molar refractivity (Wildman–Crippen MR) is 36.9 cm³/mol. The number of allylic oxidation sites excluding steroid dienone is 1. The van der Waals surface area contributed by atoms with Crippen molar-refractivity contribution in [2.75, 3.05) is 20.2 Å². The van der Waals surface area contributed by atoms with Gasteiger partial charge in [-0.3, -0.25) is 0 Å². The van der Waals surface area contributed by atoms with Crippen LogP contribution in [0.1, 0.15) is 0 Å². The van der Waals surface area contributed by atoms with E-state index in [2.05, 4.69) is 11.5 Å². The molecule has 0 unspecified atom stereocenters. The van der Waals surface area contributed by atoms with Gasteiger partial charge in [-0.05, 0) is 6.08 Å². The lowest BCUT2D eigenvalue weighted by Crippen LogP contribution is -2.18. The third kappa shape index (κ3) is 1.49. The van der Waals surface area contributed by atoms with Crippen molar-refractivity contribution in [2.45, 2.75) is 0 Å². The van der Waals surface area contributed by atoms with Crippen LogP contribution in [0.4, 0.5) is 0 Å². The van der Waals surface area contributed by atoms with Crippen LogP contribution in [-0.2, 0) is 4.74 Å². The Bertz CT molecular complexity index is 140. The second-order valence-electron chi connectivity index (χ2n) is 2.09. The number of rotatable bonds is 0. The number of likely N-dealkylation sites (N-methyl/N-ethyl adjacent to an activating group) is 1. The van der Waals surface area contributed by atoms with Gasteiger partial charge in [0.25, 0.3) is 0 Å². The summed E-state index contributed by atoms with van der Waals surface area (Å²) in [7, 11) is 2.00. The largest absolute Gasteiger partial charge is 0.499 e. The van der Waals surface area contributed by atoms with Crippen molar-refractivity contribution in [3.63, 3.8) is 0 Å². The van der Waals surface area contributed by atoms with Crippen LogP contribution in [0.3, 0.4) is 0 Å². The number of hydrogen-bond donors (Lipinski definition) is 0. The fourth-order valence-corrected chi connectivity index (χ4v) is 0.655. The minimum atomic E-state index is 0.756. The number of ether oxygens (including phenoxy) is 1. The molecule has 2 heteroatoms. The summed E-state index contributed by atoms with van der Waals surface area (Å²) in [5.74, 6) is 0. The van der Waals surface area contributed by atoms with Gasteiger partial charge in [0.2, 0.25) is 0 Å². The summed E-state index contributed by atoms with van der Waals surface area (Å²) in [4.78, 5) is 2.06. The fourth-order valence-electron chi connectivity index (χ4n) is 0.655. The molecule has 0 radical (unpaired) electrons. The molecule has 0 aromatic carbocycles. The Morgan fingerprint density at radius 3 is 3.33 bits per heavy atom. The summed E-state index contributed by atoms with van der Waals surface area (Å²) in [5.41, 5.74) is 1.01. The maximum absolute atomic E-state index is 5.05. The lowest BCUT2D eigenvalue weighted by molar-refractivity contribution is 0.228. The van der Waals surface area contributed by atoms with Crippen molar-refractivity contribution in [3.05, 3.63) is 24.6 Å². The first-order valence-electron chi connectivity index (χ1n) is 2.99. The zero-order valence-electron chi connectivity index (χ0n) is 5.63. The molecule has 0 amide bonds. The maximum Gasteiger partial charge on any atom is 0.105 e. The summed E-state index contributed by atoms with van der Waals surface area (Å²) >= 11 is 0. The molecule has 0 bridgehead atoms. The first-order valence-corrected chi connectivity index (χ1v) is 2.99. The van der Waals surface area contributed by atoms with Crippen molar-refractivity contribution in [2.24, 2.45) is 0 Å². The molecule has 0 spiro atoms. The van der Waals surface area contributed by atoms with Crippen molar-refractivity contribution in [3.8, 4) is 0 Å². The molecule has 1 aliphatic rings. The molecule has 0 saturated carbocycles. The fraction of sp³-hybridized carbons (Fsp3) is 0.429. The van der Waals surface area contributed by atoms with E-state index in [1.54, 1.807) is 6.26 Å². The monoisotopic (exact) mass is 125 g/mol. The highest BCUT2D eigenvalue weighted by molar-refractivity contribution is 5.11. The zero-order chi connectivity index (χ0) is 6.69. The Morgan fingerprint density at radius 1 is 1.78 bits per heavy atom. The Labute approximate surface area is 55.4 Å². The Hall–Kier alpha value is -0.920. The maximum atomic E-state index is 5.05. The van der Waals surface area contributed by atoms with E-state index >= 15 is 0 Å². The first-order chi connectivity index (χ1) is 4.30.